The van der Waals surface area contributed by atoms with Crippen molar-refractivity contribution in [2.24, 2.45) is 5.73 Å². The van der Waals surface area contributed by atoms with Crippen LogP contribution in [-0.2, 0) is 4.79 Å². The molecule has 0 heterocycles. The highest BCUT2D eigenvalue weighted by Crippen LogP contribution is 2.25. The van der Waals surface area contributed by atoms with Crippen molar-refractivity contribution in [3.05, 3.63) is 29.8 Å². The Labute approximate surface area is 129 Å². The quantitative estimate of drug-likeness (QED) is 0.568. The molecule has 1 aromatic rings. The maximum Gasteiger partial charge on any atom is 0.278 e. The molecule has 5 nitrogen and oxygen atoms in total. The predicted molar refractivity (Wildman–Crippen MR) is 79.6 cm³/mol. The highest BCUT2D eigenvalue weighted by molar-refractivity contribution is 7.80. The molecule has 0 saturated heterocycles. The van der Waals surface area contributed by atoms with Gasteiger partial charge in [0, 0.05) is 0 Å². The summed E-state index contributed by atoms with van der Waals surface area (Å²) in [6, 6.07) is 6.36. The Hall–Kier alpha value is -1.08. The van der Waals surface area contributed by atoms with E-state index in [1.54, 1.807) is 18.2 Å². The lowest BCUT2D eigenvalue weighted by Gasteiger charge is -2.14. The number of primary amides is 1. The molecule has 19 heavy (non-hydrogen) atoms. The molecular formula is C10H8Cl3N3O2S. The smallest absolute Gasteiger partial charge is 0.278 e. The summed E-state index contributed by atoms with van der Waals surface area (Å²) in [4.78, 5) is 22.5. The molecule has 0 radical (unpaired) electrons. The van der Waals surface area contributed by atoms with Crippen LogP contribution < -0.4 is 16.4 Å². The first-order chi connectivity index (χ1) is 8.71. The van der Waals surface area contributed by atoms with E-state index < -0.39 is 15.6 Å². The van der Waals surface area contributed by atoms with Crippen LogP contribution in [-0.4, -0.2) is 20.7 Å². The molecule has 1 rings (SSSR count). The lowest BCUT2D eigenvalue weighted by atomic mass is 10.1. The number of anilines is 1. The van der Waals surface area contributed by atoms with Crippen LogP contribution in [0.5, 0.6) is 0 Å². The van der Waals surface area contributed by atoms with Gasteiger partial charge in [-0.3, -0.25) is 14.9 Å². The molecule has 0 aromatic heterocycles. The van der Waals surface area contributed by atoms with E-state index in [1.165, 1.54) is 6.07 Å². The van der Waals surface area contributed by atoms with E-state index in [1.807, 2.05) is 0 Å². The number of hydrogen-bond donors (Lipinski definition) is 3. The molecule has 4 N–H and O–H groups in total. The van der Waals surface area contributed by atoms with Gasteiger partial charge in [0.05, 0.1) is 11.3 Å². The Morgan fingerprint density at radius 3 is 2.32 bits per heavy atom. The van der Waals surface area contributed by atoms with Crippen molar-refractivity contribution in [1.29, 1.82) is 0 Å². The Balaban J connectivity index is 2.79. The number of hydrogen-bond acceptors (Lipinski definition) is 3. The lowest BCUT2D eigenvalue weighted by molar-refractivity contribution is -0.118. The van der Waals surface area contributed by atoms with Crippen LogP contribution in [0.4, 0.5) is 5.69 Å². The minimum Gasteiger partial charge on any atom is -0.366 e. The molecular weight excluding hydrogens is 333 g/mol. The van der Waals surface area contributed by atoms with Gasteiger partial charge < -0.3 is 11.1 Å². The number of halogens is 3. The first kappa shape index (κ1) is 16.0. The van der Waals surface area contributed by atoms with Gasteiger partial charge in [0.2, 0.25) is 0 Å². The average Bonchev–Trinajstić information content (AvgIpc) is 2.27. The summed E-state index contributed by atoms with van der Waals surface area (Å²) in [6.45, 7) is 0. The van der Waals surface area contributed by atoms with Gasteiger partial charge in [-0.05, 0) is 24.4 Å². The summed E-state index contributed by atoms with van der Waals surface area (Å²) < 4.78 is -2.13. The summed E-state index contributed by atoms with van der Waals surface area (Å²) in [5.41, 5.74) is 5.74. The molecule has 0 atom stereocenters. The van der Waals surface area contributed by atoms with E-state index in [9.17, 15) is 9.59 Å². The topological polar surface area (TPSA) is 84.2 Å². The zero-order chi connectivity index (χ0) is 14.6. The van der Waals surface area contributed by atoms with Crippen molar-refractivity contribution in [3.63, 3.8) is 0 Å². The van der Waals surface area contributed by atoms with E-state index in [4.69, 9.17) is 52.8 Å². The van der Waals surface area contributed by atoms with Crippen LogP contribution in [0.2, 0.25) is 0 Å². The SMILES string of the molecule is NC(=O)c1ccccc1NC(=S)NC(=O)C(Cl)(Cl)Cl. The van der Waals surface area contributed by atoms with Crippen LogP contribution in [0.1, 0.15) is 10.4 Å². The molecule has 9 heteroatoms. The number of nitrogens with two attached hydrogens (primary N) is 1. The monoisotopic (exact) mass is 339 g/mol. The van der Waals surface area contributed by atoms with Crippen LogP contribution in [0, 0.1) is 0 Å². The third kappa shape index (κ3) is 4.83. The van der Waals surface area contributed by atoms with Crippen molar-refractivity contribution in [1.82, 2.24) is 5.32 Å². The molecule has 2 amide bonds. The summed E-state index contributed by atoms with van der Waals surface area (Å²) >= 11 is 21.0. The molecule has 0 saturated carbocycles. The molecule has 0 fully saturated rings. The van der Waals surface area contributed by atoms with Crippen LogP contribution in [0.3, 0.4) is 0 Å². The Kier molecular flexibility index (Phi) is 5.37. The highest BCUT2D eigenvalue weighted by atomic mass is 35.6. The number of amides is 2. The number of carbonyl (C=O) groups is 2. The fraction of sp³-hybridized carbons (Fsp3) is 0.100. The van der Waals surface area contributed by atoms with Crippen molar-refractivity contribution in [2.45, 2.75) is 3.79 Å². The van der Waals surface area contributed by atoms with Gasteiger partial charge in [-0.15, -0.1) is 0 Å². The van der Waals surface area contributed by atoms with Crippen molar-refractivity contribution < 1.29 is 9.59 Å². The highest BCUT2D eigenvalue weighted by Gasteiger charge is 2.31. The molecule has 102 valence electrons. The summed E-state index contributed by atoms with van der Waals surface area (Å²) in [6.07, 6.45) is 0. The largest absolute Gasteiger partial charge is 0.366 e. The number of alkyl halides is 3. The first-order valence-corrected chi connectivity index (χ1v) is 6.34. The van der Waals surface area contributed by atoms with Gasteiger partial charge >= 0.3 is 0 Å². The second-order valence-electron chi connectivity index (χ2n) is 3.32. The molecule has 0 unspecified atom stereocenters. The summed E-state index contributed by atoms with van der Waals surface area (Å²) in [5.74, 6) is -1.55. The Bertz CT molecular complexity index is 531. The number of para-hydroxylation sites is 1. The van der Waals surface area contributed by atoms with Gasteiger partial charge in [0.25, 0.3) is 15.6 Å². The fourth-order valence-corrected chi connectivity index (χ4v) is 1.48. The van der Waals surface area contributed by atoms with E-state index in [0.717, 1.165) is 0 Å². The second kappa shape index (κ2) is 6.38. The molecule has 0 aliphatic carbocycles. The zero-order valence-electron chi connectivity index (χ0n) is 9.25. The maximum absolute atomic E-state index is 11.4. The van der Waals surface area contributed by atoms with Crippen molar-refractivity contribution in [2.75, 3.05) is 5.32 Å². The zero-order valence-corrected chi connectivity index (χ0v) is 12.3. The molecule has 0 bridgehead atoms. The predicted octanol–water partition coefficient (Wildman–Crippen LogP) is 1.97. The molecule has 0 aliphatic heterocycles. The summed E-state index contributed by atoms with van der Waals surface area (Å²) in [5, 5.41) is 4.67. The normalized spacial score (nSPS) is 10.7. The van der Waals surface area contributed by atoms with Crippen molar-refractivity contribution in [3.8, 4) is 0 Å². The maximum atomic E-state index is 11.4. The van der Waals surface area contributed by atoms with E-state index in [-0.39, 0.29) is 10.7 Å². The van der Waals surface area contributed by atoms with Gasteiger partial charge in [0.15, 0.2) is 5.11 Å². The third-order valence-corrected chi connectivity index (χ3v) is 2.64. The van der Waals surface area contributed by atoms with Crippen LogP contribution >= 0.6 is 47.0 Å². The minimum atomic E-state index is -2.13. The van der Waals surface area contributed by atoms with Crippen LogP contribution in [0.25, 0.3) is 0 Å². The van der Waals surface area contributed by atoms with E-state index in [0.29, 0.717) is 5.69 Å². The van der Waals surface area contributed by atoms with Crippen LogP contribution in [0.15, 0.2) is 24.3 Å². The molecule has 0 aliphatic rings. The first-order valence-electron chi connectivity index (χ1n) is 4.80. The molecule has 1 aromatic carbocycles. The Morgan fingerprint density at radius 1 is 1.21 bits per heavy atom. The number of benzene rings is 1. The van der Waals surface area contributed by atoms with Crippen molar-refractivity contribution >= 4 is 69.6 Å². The third-order valence-electron chi connectivity index (χ3n) is 1.93. The van der Waals surface area contributed by atoms with Gasteiger partial charge in [0.1, 0.15) is 0 Å². The average molecular weight is 341 g/mol. The van der Waals surface area contributed by atoms with Gasteiger partial charge in [-0.1, -0.05) is 46.9 Å². The van der Waals surface area contributed by atoms with E-state index >= 15 is 0 Å². The van der Waals surface area contributed by atoms with Gasteiger partial charge in [-0.25, -0.2) is 0 Å². The standard InChI is InChI=1S/C10H8Cl3N3O2S/c11-10(12,13)8(18)16-9(19)15-6-4-2-1-3-5(6)7(14)17/h1-4H,(H2,14,17)(H2,15,16,18,19). The van der Waals surface area contributed by atoms with E-state index in [2.05, 4.69) is 10.6 Å². The fourth-order valence-electron chi connectivity index (χ4n) is 1.13. The number of rotatable bonds is 2. The van der Waals surface area contributed by atoms with Gasteiger partial charge in [-0.2, -0.15) is 0 Å². The lowest BCUT2D eigenvalue weighted by Crippen LogP contribution is -2.41. The number of carbonyl (C=O) groups excluding carboxylic acids is 2. The number of thiocarbonyl (C=S) groups is 1. The minimum absolute atomic E-state index is 0.120. The number of nitrogens with one attached hydrogen (secondary N) is 2. The molecule has 0 spiro atoms. The Morgan fingerprint density at radius 2 is 1.79 bits per heavy atom. The summed E-state index contributed by atoms with van der Waals surface area (Å²) in [7, 11) is 0. The second-order valence-corrected chi connectivity index (χ2v) is 6.01.